The number of carbonyl (C=O) groups is 2. The van der Waals surface area contributed by atoms with Gasteiger partial charge in [0.2, 0.25) is 5.91 Å². The second-order valence-electron chi connectivity index (χ2n) is 4.93. The summed E-state index contributed by atoms with van der Waals surface area (Å²) < 4.78 is 0. The lowest BCUT2D eigenvalue weighted by atomic mass is 9.88. The molecular weight excluding hydrogens is 272 g/mol. The van der Waals surface area contributed by atoms with Crippen LogP contribution < -0.4 is 10.2 Å². The van der Waals surface area contributed by atoms with E-state index in [1.165, 1.54) is 0 Å². The Bertz CT molecular complexity index is 509. The number of nitrogens with zero attached hydrogens (tertiary/aromatic N) is 1. The number of anilines is 1. The van der Waals surface area contributed by atoms with Crippen molar-refractivity contribution in [3.63, 3.8) is 0 Å². The number of hydrogen-bond donors (Lipinski definition) is 1. The Balaban J connectivity index is 2.34. The van der Waals surface area contributed by atoms with Crippen LogP contribution in [0.15, 0.2) is 29.2 Å². The smallest absolute Gasteiger partial charge is 0.253 e. The highest BCUT2D eigenvalue weighted by Gasteiger charge is 2.44. The van der Waals surface area contributed by atoms with Crippen LogP contribution in [-0.2, 0) is 9.59 Å². The molecule has 2 rings (SSSR count). The molecule has 0 aromatic heterocycles. The summed E-state index contributed by atoms with van der Waals surface area (Å²) in [6.45, 7) is 3.96. The van der Waals surface area contributed by atoms with Gasteiger partial charge in [0.1, 0.15) is 12.1 Å². The molecular formula is C15H20N2O2S. The van der Waals surface area contributed by atoms with E-state index in [-0.39, 0.29) is 18.4 Å². The second kappa shape index (κ2) is 5.87. The third-order valence-electron chi connectivity index (χ3n) is 3.93. The van der Waals surface area contributed by atoms with E-state index in [0.29, 0.717) is 12.8 Å². The van der Waals surface area contributed by atoms with Crippen molar-refractivity contribution >= 4 is 29.3 Å². The zero-order valence-corrected chi connectivity index (χ0v) is 12.9. The largest absolute Gasteiger partial charge is 0.340 e. The van der Waals surface area contributed by atoms with Gasteiger partial charge >= 0.3 is 0 Å². The predicted octanol–water partition coefficient (Wildman–Crippen LogP) is 2.43. The first-order valence-corrected chi connectivity index (χ1v) is 8.06. The van der Waals surface area contributed by atoms with Gasteiger partial charge in [-0.05, 0) is 43.4 Å². The topological polar surface area (TPSA) is 49.4 Å². The third-order valence-corrected chi connectivity index (χ3v) is 4.67. The molecule has 1 aliphatic heterocycles. The van der Waals surface area contributed by atoms with E-state index in [1.807, 2.05) is 44.4 Å². The van der Waals surface area contributed by atoms with E-state index in [9.17, 15) is 9.59 Å². The number of nitrogens with one attached hydrogen (secondary N) is 1. The van der Waals surface area contributed by atoms with Gasteiger partial charge in [-0.1, -0.05) is 13.8 Å². The van der Waals surface area contributed by atoms with Crippen LogP contribution >= 0.6 is 11.8 Å². The lowest BCUT2D eigenvalue weighted by Crippen LogP contribution is -2.66. The Morgan fingerprint density at radius 3 is 2.30 bits per heavy atom. The van der Waals surface area contributed by atoms with Crippen molar-refractivity contribution in [2.24, 2.45) is 0 Å². The summed E-state index contributed by atoms with van der Waals surface area (Å²) in [5, 5.41) is 2.87. The van der Waals surface area contributed by atoms with E-state index in [1.54, 1.807) is 16.7 Å². The monoisotopic (exact) mass is 292 g/mol. The summed E-state index contributed by atoms with van der Waals surface area (Å²) in [6.07, 6.45) is 3.22. The molecule has 1 saturated heterocycles. The minimum atomic E-state index is -0.756. The SMILES string of the molecule is CCC1(CC)NC(=O)CN(c2ccc(SC)cc2)C1=O. The summed E-state index contributed by atoms with van der Waals surface area (Å²) in [5.74, 6) is -0.110. The van der Waals surface area contributed by atoms with Crippen molar-refractivity contribution < 1.29 is 9.59 Å². The first-order valence-electron chi connectivity index (χ1n) is 6.83. The third kappa shape index (κ3) is 2.54. The molecule has 2 amide bonds. The highest BCUT2D eigenvalue weighted by Crippen LogP contribution is 2.27. The van der Waals surface area contributed by atoms with E-state index in [2.05, 4.69) is 5.32 Å². The molecule has 20 heavy (non-hydrogen) atoms. The summed E-state index contributed by atoms with van der Waals surface area (Å²) >= 11 is 1.65. The average molecular weight is 292 g/mol. The number of thioether (sulfide) groups is 1. The molecule has 0 bridgehead atoms. The van der Waals surface area contributed by atoms with Crippen LogP contribution in [-0.4, -0.2) is 30.2 Å². The molecule has 0 spiro atoms. The van der Waals surface area contributed by atoms with Crippen LogP contribution in [0.25, 0.3) is 0 Å². The van der Waals surface area contributed by atoms with Crippen LogP contribution in [0.3, 0.4) is 0 Å². The summed E-state index contributed by atoms with van der Waals surface area (Å²) in [5.41, 5.74) is 0.0296. The van der Waals surface area contributed by atoms with Crippen LogP contribution in [0.4, 0.5) is 5.69 Å². The van der Waals surface area contributed by atoms with Crippen LogP contribution in [0.5, 0.6) is 0 Å². The highest BCUT2D eigenvalue weighted by molar-refractivity contribution is 7.98. The van der Waals surface area contributed by atoms with Crippen LogP contribution in [0.1, 0.15) is 26.7 Å². The Kier molecular flexibility index (Phi) is 4.38. The Labute approximate surface area is 123 Å². The second-order valence-corrected chi connectivity index (χ2v) is 5.81. The molecule has 1 N–H and O–H groups in total. The highest BCUT2D eigenvalue weighted by atomic mass is 32.2. The summed E-state index contributed by atoms with van der Waals surface area (Å²) in [6, 6.07) is 7.75. The first kappa shape index (κ1) is 14.9. The predicted molar refractivity (Wildman–Crippen MR) is 82.0 cm³/mol. The summed E-state index contributed by atoms with van der Waals surface area (Å²) in [4.78, 5) is 27.4. The molecule has 1 aromatic carbocycles. The maximum atomic E-state index is 12.7. The van der Waals surface area contributed by atoms with E-state index in [0.717, 1.165) is 10.6 Å². The molecule has 0 unspecified atom stereocenters. The zero-order chi connectivity index (χ0) is 14.8. The van der Waals surface area contributed by atoms with Crippen molar-refractivity contribution in [3.05, 3.63) is 24.3 Å². The fraction of sp³-hybridized carbons (Fsp3) is 0.467. The van der Waals surface area contributed by atoms with Crippen molar-refractivity contribution in [2.45, 2.75) is 37.1 Å². The molecule has 0 radical (unpaired) electrons. The van der Waals surface area contributed by atoms with Gasteiger partial charge in [-0.2, -0.15) is 0 Å². The number of carbonyl (C=O) groups excluding carboxylic acids is 2. The Hall–Kier alpha value is -1.49. The van der Waals surface area contributed by atoms with Crippen molar-refractivity contribution in [2.75, 3.05) is 17.7 Å². The molecule has 5 heteroatoms. The quantitative estimate of drug-likeness (QED) is 0.867. The van der Waals surface area contributed by atoms with Gasteiger partial charge in [0.05, 0.1) is 0 Å². The molecule has 0 aliphatic carbocycles. The Morgan fingerprint density at radius 2 is 1.80 bits per heavy atom. The zero-order valence-electron chi connectivity index (χ0n) is 12.1. The number of amides is 2. The molecule has 1 fully saturated rings. The van der Waals surface area contributed by atoms with Crippen molar-refractivity contribution in [3.8, 4) is 0 Å². The summed E-state index contributed by atoms with van der Waals surface area (Å²) in [7, 11) is 0. The molecule has 4 nitrogen and oxygen atoms in total. The normalized spacial score (nSPS) is 18.1. The standard InChI is InChI=1S/C15H20N2O2S/c1-4-15(5-2)14(19)17(10-13(18)16-15)11-6-8-12(20-3)9-7-11/h6-9H,4-5,10H2,1-3H3,(H,16,18). The molecule has 1 heterocycles. The molecule has 1 aliphatic rings. The van der Waals surface area contributed by atoms with Gasteiger partial charge in [0.25, 0.3) is 5.91 Å². The number of piperazine rings is 1. The molecule has 108 valence electrons. The van der Waals surface area contributed by atoms with Gasteiger partial charge in [-0.3, -0.25) is 9.59 Å². The molecule has 0 saturated carbocycles. The van der Waals surface area contributed by atoms with Crippen LogP contribution in [0, 0.1) is 0 Å². The van der Waals surface area contributed by atoms with Crippen molar-refractivity contribution in [1.29, 1.82) is 0 Å². The number of benzene rings is 1. The minimum Gasteiger partial charge on any atom is -0.340 e. The van der Waals surface area contributed by atoms with E-state index >= 15 is 0 Å². The fourth-order valence-corrected chi connectivity index (χ4v) is 2.94. The van der Waals surface area contributed by atoms with Gasteiger partial charge in [0.15, 0.2) is 0 Å². The van der Waals surface area contributed by atoms with Gasteiger partial charge < -0.3 is 10.2 Å². The number of rotatable bonds is 4. The Morgan fingerprint density at radius 1 is 1.20 bits per heavy atom. The average Bonchev–Trinajstić information content (AvgIpc) is 2.49. The lowest BCUT2D eigenvalue weighted by Gasteiger charge is -2.41. The first-order chi connectivity index (χ1) is 9.56. The fourth-order valence-electron chi connectivity index (χ4n) is 2.53. The van der Waals surface area contributed by atoms with E-state index in [4.69, 9.17) is 0 Å². The van der Waals surface area contributed by atoms with Gasteiger partial charge in [-0.25, -0.2) is 0 Å². The van der Waals surface area contributed by atoms with Gasteiger partial charge in [-0.15, -0.1) is 11.8 Å². The molecule has 1 aromatic rings. The minimum absolute atomic E-state index is 0.0148. The maximum Gasteiger partial charge on any atom is 0.253 e. The van der Waals surface area contributed by atoms with E-state index < -0.39 is 5.54 Å². The lowest BCUT2D eigenvalue weighted by molar-refractivity contribution is -0.136. The van der Waals surface area contributed by atoms with Crippen LogP contribution in [0.2, 0.25) is 0 Å². The number of hydrogen-bond acceptors (Lipinski definition) is 3. The molecule has 0 atom stereocenters. The van der Waals surface area contributed by atoms with Crippen molar-refractivity contribution in [1.82, 2.24) is 5.32 Å². The van der Waals surface area contributed by atoms with Gasteiger partial charge in [0, 0.05) is 10.6 Å². The maximum absolute atomic E-state index is 12.7.